The van der Waals surface area contributed by atoms with Crippen molar-refractivity contribution >= 4 is 51.9 Å². The highest BCUT2D eigenvalue weighted by Gasteiger charge is 2.45. The summed E-state index contributed by atoms with van der Waals surface area (Å²) in [7, 11) is 0. The summed E-state index contributed by atoms with van der Waals surface area (Å²) in [6, 6.07) is 18.1. The molecule has 3 aliphatic heterocycles. The number of carbonyl (C=O) groups is 3. The lowest BCUT2D eigenvalue weighted by molar-refractivity contribution is -0.000511. The minimum absolute atomic E-state index is 0.174. The summed E-state index contributed by atoms with van der Waals surface area (Å²) in [5, 5.41) is 5.98. The second-order valence-corrected chi connectivity index (χ2v) is 14.6. The number of aryl methyl sites for hydroxylation is 2. The molecule has 258 valence electrons. The van der Waals surface area contributed by atoms with E-state index in [2.05, 4.69) is 30.5 Å². The lowest BCUT2D eigenvalue weighted by atomic mass is 9.73. The maximum Gasteiger partial charge on any atom is 0.265 e. The van der Waals surface area contributed by atoms with Gasteiger partial charge < -0.3 is 25.2 Å². The maximum absolute atomic E-state index is 14.0. The molecule has 11 nitrogen and oxygen atoms in total. The molecule has 51 heavy (non-hydrogen) atoms. The smallest absolute Gasteiger partial charge is 0.265 e. The van der Waals surface area contributed by atoms with Gasteiger partial charge in [-0.15, -0.1) is 11.3 Å². The van der Waals surface area contributed by atoms with Gasteiger partial charge in [-0.2, -0.15) is 0 Å². The van der Waals surface area contributed by atoms with Gasteiger partial charge in [0.05, 0.1) is 32.4 Å². The zero-order valence-corrected chi connectivity index (χ0v) is 29.3. The molecule has 2 N–H and O–H groups in total. The second-order valence-electron chi connectivity index (χ2n) is 13.5. The van der Waals surface area contributed by atoms with Crippen LogP contribution in [0.4, 0.5) is 22.9 Å². The molecular weight excluding hydrogens is 663 g/mol. The van der Waals surface area contributed by atoms with E-state index in [-0.39, 0.29) is 23.1 Å². The normalized spacial score (nSPS) is 16.0. The highest BCUT2D eigenvalue weighted by molar-refractivity contribution is 7.17. The van der Waals surface area contributed by atoms with Crippen LogP contribution < -0.4 is 20.4 Å². The Labute approximate surface area is 299 Å². The Balaban J connectivity index is 0.974. The van der Waals surface area contributed by atoms with Gasteiger partial charge in [0.15, 0.2) is 0 Å². The zero-order valence-electron chi connectivity index (χ0n) is 28.4. The van der Waals surface area contributed by atoms with Crippen molar-refractivity contribution < 1.29 is 19.1 Å². The number of nitrogens with zero attached hydrogens (tertiary/aromatic N) is 5. The van der Waals surface area contributed by atoms with E-state index in [1.807, 2.05) is 44.2 Å². The van der Waals surface area contributed by atoms with E-state index in [1.54, 1.807) is 53.8 Å². The number of ether oxygens (including phenoxy) is 1. The largest absolute Gasteiger partial charge is 0.381 e. The van der Waals surface area contributed by atoms with Gasteiger partial charge in [0.25, 0.3) is 17.7 Å². The number of carbonyl (C=O) groups excluding carboxylic acids is 3. The Morgan fingerprint density at radius 1 is 0.882 bits per heavy atom. The van der Waals surface area contributed by atoms with E-state index < -0.39 is 0 Å². The third kappa shape index (κ3) is 6.36. The summed E-state index contributed by atoms with van der Waals surface area (Å²) in [5.74, 6) is 0.0728. The third-order valence-electron chi connectivity index (χ3n) is 9.97. The highest BCUT2D eigenvalue weighted by Crippen LogP contribution is 2.43. The quantitative estimate of drug-likeness (QED) is 0.205. The van der Waals surface area contributed by atoms with E-state index >= 15 is 0 Å². The molecule has 7 heterocycles. The summed E-state index contributed by atoms with van der Waals surface area (Å²) in [4.78, 5) is 59.7. The number of thiophene rings is 1. The van der Waals surface area contributed by atoms with E-state index in [1.165, 1.54) is 11.3 Å². The van der Waals surface area contributed by atoms with Crippen molar-refractivity contribution in [1.82, 2.24) is 15.0 Å². The monoisotopic (exact) mass is 699 g/mol. The van der Waals surface area contributed by atoms with Crippen LogP contribution in [-0.2, 0) is 11.2 Å². The number of aromatic nitrogens is 3. The molecule has 1 aromatic carbocycles. The molecular formula is C39H37N7O4S. The van der Waals surface area contributed by atoms with Crippen molar-refractivity contribution in [3.8, 4) is 10.6 Å². The molecule has 2 saturated heterocycles. The lowest BCUT2D eigenvalue weighted by Gasteiger charge is -2.53. The average molecular weight is 700 g/mol. The second kappa shape index (κ2) is 13.3. The molecule has 0 bridgehead atoms. The van der Waals surface area contributed by atoms with Crippen molar-refractivity contribution in [3.63, 3.8) is 0 Å². The van der Waals surface area contributed by atoms with Crippen molar-refractivity contribution in [3.05, 3.63) is 112 Å². The molecule has 3 aliphatic rings. The van der Waals surface area contributed by atoms with Crippen molar-refractivity contribution in [1.29, 1.82) is 0 Å². The Morgan fingerprint density at radius 3 is 2.43 bits per heavy atom. The molecule has 1 spiro atoms. The first-order chi connectivity index (χ1) is 24.8. The molecule has 0 unspecified atom stereocenters. The van der Waals surface area contributed by atoms with Gasteiger partial charge in [-0.3, -0.25) is 24.4 Å². The number of hydrogen-bond acceptors (Lipinski definition) is 9. The van der Waals surface area contributed by atoms with Crippen LogP contribution in [0, 0.1) is 19.3 Å². The number of pyridine rings is 3. The van der Waals surface area contributed by atoms with Crippen LogP contribution in [0.15, 0.2) is 79.3 Å². The molecule has 8 rings (SSSR count). The van der Waals surface area contributed by atoms with Crippen LogP contribution in [0.1, 0.15) is 60.1 Å². The third-order valence-corrected chi connectivity index (χ3v) is 11.2. The Morgan fingerprint density at radius 2 is 1.65 bits per heavy atom. The first-order valence-corrected chi connectivity index (χ1v) is 17.9. The number of nitrogens with one attached hydrogen (secondary N) is 2. The summed E-state index contributed by atoms with van der Waals surface area (Å²) < 4.78 is 5.57. The zero-order chi connectivity index (χ0) is 35.1. The highest BCUT2D eigenvalue weighted by atomic mass is 32.1. The predicted molar refractivity (Wildman–Crippen MR) is 198 cm³/mol. The van der Waals surface area contributed by atoms with E-state index in [4.69, 9.17) is 4.74 Å². The van der Waals surface area contributed by atoms with Crippen LogP contribution in [0.5, 0.6) is 0 Å². The van der Waals surface area contributed by atoms with Crippen LogP contribution in [0.2, 0.25) is 0 Å². The van der Waals surface area contributed by atoms with Crippen molar-refractivity contribution in [2.45, 2.75) is 33.1 Å². The fourth-order valence-electron chi connectivity index (χ4n) is 7.15. The molecule has 4 aromatic heterocycles. The van der Waals surface area contributed by atoms with Crippen molar-refractivity contribution in [2.24, 2.45) is 5.41 Å². The number of fused-ring (bicyclic) bond motifs is 3. The Kier molecular flexibility index (Phi) is 8.56. The number of amides is 3. The van der Waals surface area contributed by atoms with E-state index in [0.717, 1.165) is 60.8 Å². The molecule has 12 heteroatoms. The van der Waals surface area contributed by atoms with Crippen LogP contribution >= 0.6 is 11.3 Å². The van der Waals surface area contributed by atoms with E-state index in [9.17, 15) is 14.4 Å². The molecule has 2 fully saturated rings. The SMILES string of the molecule is Cc1cnc(N2CC3(CCOCC3)C2)c(C(=O)Nc2ccc(C(=O)N3CCc4cc(C(=O)Nc5cccnc5C)sc4-c4ncccc43)cc2)c1. The van der Waals surface area contributed by atoms with Gasteiger partial charge in [0.1, 0.15) is 11.5 Å². The number of hydrogen-bond donors (Lipinski definition) is 2. The molecule has 0 atom stereocenters. The fourth-order valence-corrected chi connectivity index (χ4v) is 8.26. The minimum Gasteiger partial charge on any atom is -0.381 e. The van der Waals surface area contributed by atoms with Crippen LogP contribution in [-0.4, -0.2) is 65.5 Å². The summed E-state index contributed by atoms with van der Waals surface area (Å²) in [6.07, 6.45) is 7.81. The molecule has 0 aliphatic carbocycles. The van der Waals surface area contributed by atoms with Crippen molar-refractivity contribution in [2.75, 3.05) is 53.3 Å². The Bertz CT molecular complexity index is 2150. The number of benzene rings is 1. The maximum atomic E-state index is 14.0. The number of rotatable bonds is 6. The van der Waals surface area contributed by atoms with Gasteiger partial charge in [0, 0.05) is 68.1 Å². The van der Waals surface area contributed by atoms with Gasteiger partial charge in [-0.25, -0.2) is 4.98 Å². The van der Waals surface area contributed by atoms with E-state index in [0.29, 0.717) is 57.5 Å². The minimum atomic E-state index is -0.240. The van der Waals surface area contributed by atoms with Gasteiger partial charge in [0.2, 0.25) is 0 Å². The standard InChI is InChI=1S/C39H37N7O4S/c1-24-19-29(35(42-21-24)45-22-39(23-45)12-17-50-18-13-39)36(47)43-28-9-7-26(8-10-28)38(49)46-16-11-27-20-32(37(48)44-30-5-3-14-40-25(30)2)51-34(27)33-31(46)6-4-15-41-33/h3-10,14-15,19-21H,11-13,16-18,22-23H2,1-2H3,(H,43,47)(H,44,48). The topological polar surface area (TPSA) is 130 Å². The van der Waals surface area contributed by atoms with Crippen LogP contribution in [0.25, 0.3) is 10.6 Å². The summed E-state index contributed by atoms with van der Waals surface area (Å²) in [6.45, 7) is 7.50. The van der Waals surface area contributed by atoms with Gasteiger partial charge >= 0.3 is 0 Å². The van der Waals surface area contributed by atoms with Gasteiger partial charge in [-0.05, 0) is 105 Å². The summed E-state index contributed by atoms with van der Waals surface area (Å²) >= 11 is 1.37. The molecule has 0 radical (unpaired) electrons. The fraction of sp³-hybridized carbons (Fsp3) is 0.282. The lowest BCUT2D eigenvalue weighted by Crippen LogP contribution is -2.59. The van der Waals surface area contributed by atoms with Crippen LogP contribution in [0.3, 0.4) is 0 Å². The predicted octanol–water partition coefficient (Wildman–Crippen LogP) is 6.54. The molecule has 3 amide bonds. The molecule has 0 saturated carbocycles. The Hall–Kier alpha value is -5.46. The first-order valence-electron chi connectivity index (χ1n) is 17.1. The average Bonchev–Trinajstić information content (AvgIpc) is 3.50. The number of anilines is 4. The summed E-state index contributed by atoms with van der Waals surface area (Å²) in [5.41, 5.74) is 6.48. The molecule has 5 aromatic rings. The first kappa shape index (κ1) is 32.7. The van der Waals surface area contributed by atoms with Gasteiger partial charge in [-0.1, -0.05) is 0 Å².